The highest BCUT2D eigenvalue weighted by atomic mass is 16.5. The van der Waals surface area contributed by atoms with Crippen molar-refractivity contribution in [2.75, 3.05) is 6.61 Å². The molecule has 2 rings (SSSR count). The average molecular weight is 387 g/mol. The van der Waals surface area contributed by atoms with Gasteiger partial charge in [-0.25, -0.2) is 0 Å². The molecule has 1 aliphatic rings. The molecule has 0 saturated heterocycles. The van der Waals surface area contributed by atoms with Gasteiger partial charge in [0.05, 0.1) is 0 Å². The first-order valence-corrected chi connectivity index (χ1v) is 11.4. The van der Waals surface area contributed by atoms with Crippen LogP contribution in [0.25, 0.3) is 0 Å². The Balaban J connectivity index is 1.72. The van der Waals surface area contributed by atoms with Gasteiger partial charge in [-0.15, -0.1) is 0 Å². The number of hydrogen-bond donors (Lipinski definition) is 0. The number of benzene rings is 1. The summed E-state index contributed by atoms with van der Waals surface area (Å²) < 4.78 is 5.02. The molecule has 0 bridgehead atoms. The number of ketones is 1. The van der Waals surface area contributed by atoms with Gasteiger partial charge in [0.25, 0.3) is 0 Å². The maximum atomic E-state index is 12.2. The molecule has 1 fully saturated rings. The van der Waals surface area contributed by atoms with Crippen LogP contribution in [0.15, 0.2) is 24.3 Å². The molecule has 0 spiro atoms. The minimum atomic E-state index is -0.297. The zero-order valence-corrected chi connectivity index (χ0v) is 17.9. The summed E-state index contributed by atoms with van der Waals surface area (Å²) in [5.74, 6) is 1.12. The van der Waals surface area contributed by atoms with Crippen molar-refractivity contribution in [2.45, 2.75) is 96.8 Å². The highest BCUT2D eigenvalue weighted by molar-refractivity contribution is 5.97. The Kier molecular flexibility index (Phi) is 10.3. The van der Waals surface area contributed by atoms with Crippen molar-refractivity contribution in [3.8, 4) is 0 Å². The Morgan fingerprint density at radius 1 is 0.893 bits per heavy atom. The van der Waals surface area contributed by atoms with E-state index in [1.165, 1.54) is 69.8 Å². The normalized spacial score (nSPS) is 19.4. The topological polar surface area (TPSA) is 43.4 Å². The summed E-state index contributed by atoms with van der Waals surface area (Å²) in [4.78, 5) is 23.6. The Morgan fingerprint density at radius 3 is 2.21 bits per heavy atom. The Morgan fingerprint density at radius 2 is 1.57 bits per heavy atom. The molecular weight excluding hydrogens is 348 g/mol. The summed E-state index contributed by atoms with van der Waals surface area (Å²) in [5, 5.41) is 0. The van der Waals surface area contributed by atoms with Crippen molar-refractivity contribution in [3.63, 3.8) is 0 Å². The summed E-state index contributed by atoms with van der Waals surface area (Å²) in [7, 11) is 0. The third kappa shape index (κ3) is 7.77. The van der Waals surface area contributed by atoms with Gasteiger partial charge in [-0.1, -0.05) is 76.6 Å². The maximum absolute atomic E-state index is 12.2. The molecule has 0 atom stereocenters. The highest BCUT2D eigenvalue weighted by Crippen LogP contribution is 2.37. The molecule has 3 heteroatoms. The van der Waals surface area contributed by atoms with Crippen LogP contribution in [0.5, 0.6) is 0 Å². The minimum Gasteiger partial charge on any atom is -0.457 e. The summed E-state index contributed by atoms with van der Waals surface area (Å²) in [5.41, 5.74) is 1.98. The van der Waals surface area contributed by atoms with Crippen molar-refractivity contribution in [1.29, 1.82) is 0 Å². The van der Waals surface area contributed by atoms with E-state index in [-0.39, 0.29) is 18.4 Å². The number of ether oxygens (including phenoxy) is 1. The number of hydrogen-bond acceptors (Lipinski definition) is 3. The number of esters is 1. The molecule has 0 radical (unpaired) electrons. The van der Waals surface area contributed by atoms with Gasteiger partial charge in [-0.2, -0.15) is 0 Å². The molecule has 3 nitrogen and oxygen atoms in total. The molecule has 0 aromatic heterocycles. The van der Waals surface area contributed by atoms with Crippen LogP contribution >= 0.6 is 0 Å². The maximum Gasteiger partial charge on any atom is 0.306 e. The van der Waals surface area contributed by atoms with Gasteiger partial charge in [0.2, 0.25) is 0 Å². The van der Waals surface area contributed by atoms with E-state index in [1.807, 2.05) is 19.1 Å². The van der Waals surface area contributed by atoms with E-state index in [4.69, 9.17) is 4.74 Å². The molecule has 0 amide bonds. The predicted molar refractivity (Wildman–Crippen MR) is 115 cm³/mol. The van der Waals surface area contributed by atoms with Gasteiger partial charge in [0, 0.05) is 12.0 Å². The van der Waals surface area contributed by atoms with Crippen molar-refractivity contribution in [1.82, 2.24) is 0 Å². The van der Waals surface area contributed by atoms with Crippen LogP contribution in [0.1, 0.15) is 113 Å². The highest BCUT2D eigenvalue weighted by Gasteiger charge is 2.22. The molecule has 0 unspecified atom stereocenters. The second-order valence-corrected chi connectivity index (χ2v) is 8.38. The average Bonchev–Trinajstić information content (AvgIpc) is 2.73. The monoisotopic (exact) mass is 386 g/mol. The lowest BCUT2D eigenvalue weighted by atomic mass is 9.77. The van der Waals surface area contributed by atoms with Gasteiger partial charge in [-0.3, -0.25) is 9.59 Å². The first-order valence-electron chi connectivity index (χ1n) is 11.4. The molecule has 1 aliphatic carbocycles. The SMILES string of the molecule is CCCCCCCC1CCC(c2ccc(C(=O)COC(=O)CCC)cc2)CC1. The lowest BCUT2D eigenvalue weighted by Gasteiger charge is -2.29. The number of carbonyl (C=O) groups excluding carboxylic acids is 2. The van der Waals surface area contributed by atoms with E-state index >= 15 is 0 Å². The Labute approximate surface area is 171 Å². The Hall–Kier alpha value is -1.64. The predicted octanol–water partition coefficient (Wildman–Crippen LogP) is 6.85. The molecule has 1 aromatic rings. The van der Waals surface area contributed by atoms with Crippen molar-refractivity contribution >= 4 is 11.8 Å². The standard InChI is InChI=1S/C25H38O3/c1-3-5-6-7-8-10-20-11-13-21(14-12-20)22-15-17-23(18-16-22)24(26)19-28-25(27)9-4-2/h15-18,20-21H,3-14,19H2,1-2H3. The van der Waals surface area contributed by atoms with Crippen LogP contribution in [0, 0.1) is 5.92 Å². The van der Waals surface area contributed by atoms with E-state index in [0.717, 1.165) is 12.3 Å². The largest absolute Gasteiger partial charge is 0.457 e. The molecular formula is C25H38O3. The fraction of sp³-hybridized carbons (Fsp3) is 0.680. The van der Waals surface area contributed by atoms with E-state index in [2.05, 4.69) is 19.1 Å². The summed E-state index contributed by atoms with van der Waals surface area (Å²) >= 11 is 0. The van der Waals surface area contributed by atoms with E-state index in [1.54, 1.807) is 0 Å². The minimum absolute atomic E-state index is 0.122. The van der Waals surface area contributed by atoms with Gasteiger partial charge in [0.15, 0.2) is 12.4 Å². The summed E-state index contributed by atoms with van der Waals surface area (Å²) in [6.45, 7) is 4.04. The quantitative estimate of drug-likeness (QED) is 0.224. The van der Waals surface area contributed by atoms with Crippen LogP contribution in [0.3, 0.4) is 0 Å². The molecule has 28 heavy (non-hydrogen) atoms. The number of carbonyl (C=O) groups is 2. The van der Waals surface area contributed by atoms with Crippen molar-refractivity contribution in [3.05, 3.63) is 35.4 Å². The second kappa shape index (κ2) is 12.7. The third-order valence-electron chi connectivity index (χ3n) is 6.09. The third-order valence-corrected chi connectivity index (χ3v) is 6.09. The van der Waals surface area contributed by atoms with E-state index in [9.17, 15) is 9.59 Å². The summed E-state index contributed by atoms with van der Waals surface area (Å²) in [6.07, 6.45) is 14.6. The molecule has 1 saturated carbocycles. The molecule has 0 heterocycles. The number of Topliss-reactive ketones (excluding diaryl/α,β-unsaturated/α-hetero) is 1. The van der Waals surface area contributed by atoms with Gasteiger partial charge < -0.3 is 4.74 Å². The fourth-order valence-corrected chi connectivity index (χ4v) is 4.27. The van der Waals surface area contributed by atoms with Crippen LogP contribution in [0.2, 0.25) is 0 Å². The van der Waals surface area contributed by atoms with E-state index in [0.29, 0.717) is 17.9 Å². The Bertz CT molecular complexity index is 582. The number of unbranched alkanes of at least 4 members (excludes halogenated alkanes) is 4. The van der Waals surface area contributed by atoms with E-state index < -0.39 is 0 Å². The zero-order chi connectivity index (χ0) is 20.2. The first kappa shape index (κ1) is 22.6. The van der Waals surface area contributed by atoms with Crippen LogP contribution in [-0.4, -0.2) is 18.4 Å². The van der Waals surface area contributed by atoms with Gasteiger partial charge >= 0.3 is 5.97 Å². The first-order chi connectivity index (χ1) is 13.6. The second-order valence-electron chi connectivity index (χ2n) is 8.38. The molecule has 1 aromatic carbocycles. The van der Waals surface area contributed by atoms with Crippen LogP contribution in [0.4, 0.5) is 0 Å². The summed E-state index contributed by atoms with van der Waals surface area (Å²) in [6, 6.07) is 7.98. The smallest absolute Gasteiger partial charge is 0.306 e. The van der Waals surface area contributed by atoms with Crippen molar-refractivity contribution in [2.24, 2.45) is 5.92 Å². The van der Waals surface area contributed by atoms with Gasteiger partial charge in [-0.05, 0) is 49.5 Å². The molecule has 0 aliphatic heterocycles. The fourth-order valence-electron chi connectivity index (χ4n) is 4.27. The number of rotatable bonds is 12. The van der Waals surface area contributed by atoms with Gasteiger partial charge in [0.1, 0.15) is 0 Å². The molecule has 0 N–H and O–H groups in total. The van der Waals surface area contributed by atoms with Crippen LogP contribution in [-0.2, 0) is 9.53 Å². The van der Waals surface area contributed by atoms with Crippen LogP contribution < -0.4 is 0 Å². The van der Waals surface area contributed by atoms with Crippen molar-refractivity contribution < 1.29 is 14.3 Å². The molecule has 156 valence electrons. The lowest BCUT2D eigenvalue weighted by Crippen LogP contribution is -2.15. The zero-order valence-electron chi connectivity index (χ0n) is 17.9. The lowest BCUT2D eigenvalue weighted by molar-refractivity contribution is -0.142.